The van der Waals surface area contributed by atoms with Crippen molar-refractivity contribution in [2.45, 2.75) is 32.1 Å². The summed E-state index contributed by atoms with van der Waals surface area (Å²) < 4.78 is 54.3. The van der Waals surface area contributed by atoms with E-state index in [0.717, 1.165) is 12.1 Å². The fraction of sp³-hybridized carbons (Fsp3) is 0.161. The number of hydrogen-bond acceptors (Lipinski definition) is 4. The molecular weight excluding hydrogens is 572 g/mol. The van der Waals surface area contributed by atoms with Crippen LogP contribution in [0.3, 0.4) is 0 Å². The second-order valence-electron chi connectivity index (χ2n) is 9.53. The van der Waals surface area contributed by atoms with Gasteiger partial charge in [-0.2, -0.15) is 13.2 Å². The molecule has 11 heteroatoms. The first-order chi connectivity index (χ1) is 19.6. The van der Waals surface area contributed by atoms with Gasteiger partial charge in [-0.15, -0.1) is 12.4 Å². The molecule has 5 rings (SSSR count). The minimum Gasteiger partial charge on any atom is -0.328 e. The Morgan fingerprint density at radius 3 is 2.26 bits per heavy atom. The molecule has 0 aliphatic rings. The van der Waals surface area contributed by atoms with Crippen molar-refractivity contribution in [2.24, 2.45) is 0 Å². The Bertz CT molecular complexity index is 1740. The van der Waals surface area contributed by atoms with Crippen LogP contribution in [-0.4, -0.2) is 25.3 Å². The Labute approximate surface area is 244 Å². The summed E-state index contributed by atoms with van der Waals surface area (Å²) in [6.07, 6.45) is -1.48. The first-order valence-corrected chi connectivity index (χ1v) is 12.7. The van der Waals surface area contributed by atoms with E-state index in [1.165, 1.54) is 45.9 Å². The molecule has 5 aromatic rings. The number of amides is 1. The minimum absolute atomic E-state index is 0. The molecule has 0 fully saturated rings. The third kappa shape index (κ3) is 6.49. The van der Waals surface area contributed by atoms with Gasteiger partial charge in [0.05, 0.1) is 34.6 Å². The van der Waals surface area contributed by atoms with Gasteiger partial charge in [0.25, 0.3) is 5.56 Å². The van der Waals surface area contributed by atoms with Crippen molar-refractivity contribution in [3.05, 3.63) is 136 Å². The van der Waals surface area contributed by atoms with Crippen LogP contribution in [0.2, 0.25) is 0 Å². The van der Waals surface area contributed by atoms with Gasteiger partial charge in [0, 0.05) is 18.9 Å². The van der Waals surface area contributed by atoms with Crippen molar-refractivity contribution in [2.75, 3.05) is 0 Å². The molecule has 1 atom stereocenters. The van der Waals surface area contributed by atoms with E-state index in [4.69, 9.17) is 4.98 Å². The lowest BCUT2D eigenvalue weighted by molar-refractivity contribution is -0.137. The number of pyridine rings is 1. The number of hydrogen-bond donors (Lipinski definition) is 0. The predicted octanol–water partition coefficient (Wildman–Crippen LogP) is 6.69. The Hall–Kier alpha value is -4.57. The van der Waals surface area contributed by atoms with E-state index in [-0.39, 0.29) is 36.8 Å². The molecule has 1 amide bonds. The molecule has 2 aromatic heterocycles. The number of rotatable bonds is 7. The quantitative estimate of drug-likeness (QED) is 0.196. The average Bonchev–Trinajstić information content (AvgIpc) is 2.96. The van der Waals surface area contributed by atoms with Crippen LogP contribution in [0.5, 0.6) is 0 Å². The number of benzene rings is 3. The van der Waals surface area contributed by atoms with Crippen molar-refractivity contribution in [3.8, 4) is 5.69 Å². The number of para-hydroxylation sites is 1. The highest BCUT2D eigenvalue weighted by atomic mass is 35.5. The summed E-state index contributed by atoms with van der Waals surface area (Å²) >= 11 is 0. The maximum Gasteiger partial charge on any atom is 0.416 e. The molecule has 0 spiro atoms. The van der Waals surface area contributed by atoms with Gasteiger partial charge < -0.3 is 4.90 Å². The van der Waals surface area contributed by atoms with E-state index in [1.54, 1.807) is 55.7 Å². The minimum atomic E-state index is -4.49. The van der Waals surface area contributed by atoms with Gasteiger partial charge in [-0.05, 0) is 72.6 Å². The van der Waals surface area contributed by atoms with E-state index in [0.29, 0.717) is 27.7 Å². The van der Waals surface area contributed by atoms with Crippen LogP contribution in [-0.2, 0) is 23.9 Å². The summed E-state index contributed by atoms with van der Waals surface area (Å²) in [6.45, 7) is 1.82. The average molecular weight is 597 g/mol. The lowest BCUT2D eigenvalue weighted by Crippen LogP contribution is -2.38. The standard InChI is InChI=1S/C31H24F4N4O2.ClH/c1-20(29-37-27-7-3-2-6-26(27)30(41)39(29)25-14-12-24(32)13-15-25)38(19-22-5-4-16-36-18-22)28(40)17-21-8-10-23(11-9-21)31(33,34)35;/h2-16,18,20H,17,19H2,1H3;1H. The van der Waals surface area contributed by atoms with Crippen LogP contribution < -0.4 is 5.56 Å². The van der Waals surface area contributed by atoms with Gasteiger partial charge in [0.1, 0.15) is 11.6 Å². The van der Waals surface area contributed by atoms with Crippen LogP contribution in [0, 0.1) is 5.82 Å². The van der Waals surface area contributed by atoms with E-state index in [2.05, 4.69) is 4.98 Å². The van der Waals surface area contributed by atoms with Gasteiger partial charge in [-0.25, -0.2) is 9.37 Å². The first-order valence-electron chi connectivity index (χ1n) is 12.7. The molecule has 0 aliphatic heterocycles. The summed E-state index contributed by atoms with van der Waals surface area (Å²) in [4.78, 5) is 37.9. The number of carbonyl (C=O) groups is 1. The SMILES string of the molecule is CC(c1nc2ccccc2c(=O)n1-c1ccc(F)cc1)N(Cc1cccnc1)C(=O)Cc1ccc(C(F)(F)F)cc1.Cl. The summed E-state index contributed by atoms with van der Waals surface area (Å²) in [5.41, 5.74) is 0.700. The zero-order valence-corrected chi connectivity index (χ0v) is 23.1. The second-order valence-corrected chi connectivity index (χ2v) is 9.53. The molecule has 0 saturated heterocycles. The van der Waals surface area contributed by atoms with Gasteiger partial charge in [-0.1, -0.05) is 30.3 Å². The Morgan fingerprint density at radius 1 is 0.929 bits per heavy atom. The lowest BCUT2D eigenvalue weighted by Gasteiger charge is -2.31. The summed E-state index contributed by atoms with van der Waals surface area (Å²) in [6, 6.07) is 19.3. The van der Waals surface area contributed by atoms with E-state index in [1.807, 2.05) is 0 Å². The fourth-order valence-electron chi connectivity index (χ4n) is 4.63. The maximum atomic E-state index is 13.8. The lowest BCUT2D eigenvalue weighted by atomic mass is 10.1. The van der Waals surface area contributed by atoms with E-state index in [9.17, 15) is 27.2 Å². The van der Waals surface area contributed by atoms with Crippen molar-refractivity contribution in [3.63, 3.8) is 0 Å². The Morgan fingerprint density at radius 2 is 1.62 bits per heavy atom. The molecular formula is C31H25ClF4N4O2. The highest BCUT2D eigenvalue weighted by Gasteiger charge is 2.31. The summed E-state index contributed by atoms with van der Waals surface area (Å²) in [5.74, 6) is -0.630. The molecule has 0 radical (unpaired) electrons. The molecule has 0 N–H and O–H groups in total. The highest BCUT2D eigenvalue weighted by Crippen LogP contribution is 2.30. The third-order valence-electron chi connectivity index (χ3n) is 6.76. The number of aromatic nitrogens is 3. The molecule has 1 unspecified atom stereocenters. The number of carbonyl (C=O) groups excluding carboxylic acids is 1. The predicted molar refractivity (Wildman–Crippen MR) is 153 cm³/mol. The molecule has 42 heavy (non-hydrogen) atoms. The van der Waals surface area contributed by atoms with Gasteiger partial charge in [-0.3, -0.25) is 19.1 Å². The molecule has 6 nitrogen and oxygen atoms in total. The van der Waals surface area contributed by atoms with E-state index < -0.39 is 29.5 Å². The van der Waals surface area contributed by atoms with E-state index >= 15 is 0 Å². The molecule has 216 valence electrons. The Kier molecular flexibility index (Phi) is 9.06. The van der Waals surface area contributed by atoms with Crippen molar-refractivity contribution < 1.29 is 22.4 Å². The number of halogens is 5. The van der Waals surface area contributed by atoms with Crippen molar-refractivity contribution >= 4 is 29.2 Å². The summed E-state index contributed by atoms with van der Waals surface area (Å²) in [7, 11) is 0. The number of fused-ring (bicyclic) bond motifs is 1. The number of nitrogens with zero attached hydrogens (tertiary/aromatic N) is 4. The van der Waals surface area contributed by atoms with Crippen LogP contribution in [0.1, 0.15) is 35.5 Å². The van der Waals surface area contributed by atoms with Crippen molar-refractivity contribution in [1.82, 2.24) is 19.4 Å². The zero-order valence-electron chi connectivity index (χ0n) is 22.3. The van der Waals surface area contributed by atoms with Crippen LogP contribution in [0.15, 0.2) is 102 Å². The van der Waals surface area contributed by atoms with Crippen LogP contribution in [0.25, 0.3) is 16.6 Å². The topological polar surface area (TPSA) is 68.1 Å². The maximum absolute atomic E-state index is 13.8. The number of alkyl halides is 3. The molecule has 0 aliphatic carbocycles. The van der Waals surface area contributed by atoms with Gasteiger partial charge in [0.15, 0.2) is 0 Å². The molecule has 0 saturated carbocycles. The molecule has 0 bridgehead atoms. The van der Waals surface area contributed by atoms with Crippen LogP contribution >= 0.6 is 12.4 Å². The first kappa shape index (κ1) is 30.4. The second kappa shape index (κ2) is 12.5. The molecule has 2 heterocycles. The molecule has 3 aromatic carbocycles. The zero-order chi connectivity index (χ0) is 29.1. The van der Waals surface area contributed by atoms with Crippen molar-refractivity contribution in [1.29, 1.82) is 0 Å². The largest absolute Gasteiger partial charge is 0.416 e. The Balaban J connectivity index is 0.00000405. The monoisotopic (exact) mass is 596 g/mol. The summed E-state index contributed by atoms with van der Waals surface area (Å²) in [5, 5.41) is 0.350. The highest BCUT2D eigenvalue weighted by molar-refractivity contribution is 5.85. The third-order valence-corrected chi connectivity index (χ3v) is 6.76. The van der Waals surface area contributed by atoms with Gasteiger partial charge in [0.2, 0.25) is 5.91 Å². The van der Waals surface area contributed by atoms with Gasteiger partial charge >= 0.3 is 6.18 Å². The normalized spacial score (nSPS) is 12.0. The fourth-order valence-corrected chi connectivity index (χ4v) is 4.63. The smallest absolute Gasteiger partial charge is 0.328 e. The van der Waals surface area contributed by atoms with Crippen LogP contribution in [0.4, 0.5) is 17.6 Å².